The topological polar surface area (TPSA) is 12.9 Å². The molecule has 0 amide bonds. The second kappa shape index (κ2) is 5.94. The van der Waals surface area contributed by atoms with E-state index in [0.29, 0.717) is 11.8 Å². The van der Waals surface area contributed by atoms with E-state index in [2.05, 4.69) is 33.8 Å². The van der Waals surface area contributed by atoms with Crippen LogP contribution in [0.5, 0.6) is 0 Å². The fourth-order valence-corrected chi connectivity index (χ4v) is 4.07. The van der Waals surface area contributed by atoms with E-state index in [1.165, 1.54) is 61.9 Å². The van der Waals surface area contributed by atoms with Crippen molar-refractivity contribution >= 4 is 5.57 Å². The van der Waals surface area contributed by atoms with Crippen LogP contribution in [0.4, 0.5) is 0 Å². The molecule has 0 saturated heterocycles. The van der Waals surface area contributed by atoms with Crippen LogP contribution < -0.4 is 0 Å². The summed E-state index contributed by atoms with van der Waals surface area (Å²) in [6.07, 6.45) is 11.5. The highest BCUT2D eigenvalue weighted by Gasteiger charge is 2.26. The zero-order valence-corrected chi connectivity index (χ0v) is 14.1. The molecule has 2 aliphatic carbocycles. The standard InChI is InChI=1S/C20H29N/c1-13(2)12-15-8-7-11-18-16-9-5-6-10-17(16)19(14(3)4)21-20(15)18/h12-14H,5-11H2,1-4H3. The van der Waals surface area contributed by atoms with E-state index in [1.54, 1.807) is 16.7 Å². The Hall–Kier alpha value is -1.11. The highest BCUT2D eigenvalue weighted by Crippen LogP contribution is 2.38. The number of allylic oxidation sites excluding steroid dienone is 2. The lowest BCUT2D eigenvalue weighted by Gasteiger charge is -2.29. The predicted molar refractivity (Wildman–Crippen MR) is 90.7 cm³/mol. The van der Waals surface area contributed by atoms with Crippen molar-refractivity contribution in [1.82, 2.24) is 4.98 Å². The summed E-state index contributed by atoms with van der Waals surface area (Å²) in [7, 11) is 0. The Labute approximate surface area is 129 Å². The van der Waals surface area contributed by atoms with E-state index in [1.807, 2.05) is 0 Å². The summed E-state index contributed by atoms with van der Waals surface area (Å²) in [4.78, 5) is 5.19. The summed E-state index contributed by atoms with van der Waals surface area (Å²) in [6, 6.07) is 0. The number of fused-ring (bicyclic) bond motifs is 3. The number of pyridine rings is 1. The van der Waals surface area contributed by atoms with Gasteiger partial charge >= 0.3 is 0 Å². The number of hydrogen-bond donors (Lipinski definition) is 0. The molecule has 0 saturated carbocycles. The Morgan fingerprint density at radius 2 is 1.48 bits per heavy atom. The van der Waals surface area contributed by atoms with Crippen LogP contribution in [-0.2, 0) is 19.3 Å². The van der Waals surface area contributed by atoms with Gasteiger partial charge in [0.25, 0.3) is 0 Å². The van der Waals surface area contributed by atoms with Crippen LogP contribution in [0.3, 0.4) is 0 Å². The molecule has 0 N–H and O–H groups in total. The number of nitrogens with zero attached hydrogens (tertiary/aromatic N) is 1. The maximum Gasteiger partial charge on any atom is 0.0696 e. The van der Waals surface area contributed by atoms with Crippen molar-refractivity contribution in [2.24, 2.45) is 5.92 Å². The van der Waals surface area contributed by atoms with Gasteiger partial charge in [-0.2, -0.15) is 0 Å². The lowest BCUT2D eigenvalue weighted by atomic mass is 9.79. The maximum atomic E-state index is 5.19. The number of rotatable bonds is 2. The molecule has 1 heteroatoms. The Morgan fingerprint density at radius 1 is 0.810 bits per heavy atom. The minimum atomic E-state index is 0.546. The summed E-state index contributed by atoms with van der Waals surface area (Å²) in [5, 5.41) is 0. The molecule has 21 heavy (non-hydrogen) atoms. The van der Waals surface area contributed by atoms with Crippen LogP contribution in [0.25, 0.3) is 5.57 Å². The van der Waals surface area contributed by atoms with Crippen molar-refractivity contribution in [2.75, 3.05) is 0 Å². The first-order valence-corrected chi connectivity index (χ1v) is 8.83. The zero-order chi connectivity index (χ0) is 15.0. The molecule has 2 aliphatic rings. The second-order valence-electron chi connectivity index (χ2n) is 7.43. The molecule has 114 valence electrons. The van der Waals surface area contributed by atoms with Gasteiger partial charge in [0.1, 0.15) is 0 Å². The molecule has 1 nitrogen and oxygen atoms in total. The monoisotopic (exact) mass is 283 g/mol. The van der Waals surface area contributed by atoms with E-state index >= 15 is 0 Å². The minimum absolute atomic E-state index is 0.546. The average Bonchev–Trinajstić information content (AvgIpc) is 2.46. The normalized spacial score (nSPS) is 20.0. The molecule has 0 aromatic carbocycles. The van der Waals surface area contributed by atoms with Gasteiger partial charge in [0, 0.05) is 5.69 Å². The molecule has 0 aliphatic heterocycles. The third kappa shape index (κ3) is 2.80. The van der Waals surface area contributed by atoms with E-state index in [4.69, 9.17) is 4.98 Å². The maximum absolute atomic E-state index is 5.19. The third-order valence-corrected chi connectivity index (χ3v) is 4.92. The van der Waals surface area contributed by atoms with Gasteiger partial charge in [0.05, 0.1) is 5.69 Å². The van der Waals surface area contributed by atoms with Gasteiger partial charge in [0.15, 0.2) is 0 Å². The van der Waals surface area contributed by atoms with E-state index < -0.39 is 0 Å². The fourth-order valence-electron chi connectivity index (χ4n) is 4.07. The van der Waals surface area contributed by atoms with Crippen LogP contribution >= 0.6 is 0 Å². The summed E-state index contributed by atoms with van der Waals surface area (Å²) in [6.45, 7) is 9.17. The van der Waals surface area contributed by atoms with Gasteiger partial charge in [-0.05, 0) is 79.0 Å². The predicted octanol–water partition coefficient (Wildman–Crippen LogP) is 5.46. The second-order valence-corrected chi connectivity index (χ2v) is 7.43. The van der Waals surface area contributed by atoms with Crippen molar-refractivity contribution in [3.05, 3.63) is 34.2 Å². The van der Waals surface area contributed by atoms with Gasteiger partial charge < -0.3 is 0 Å². The summed E-state index contributed by atoms with van der Waals surface area (Å²) in [5.74, 6) is 1.16. The highest BCUT2D eigenvalue weighted by molar-refractivity contribution is 5.69. The van der Waals surface area contributed by atoms with Crippen LogP contribution in [0.15, 0.2) is 6.08 Å². The Kier molecular flexibility index (Phi) is 4.19. The van der Waals surface area contributed by atoms with E-state index in [9.17, 15) is 0 Å². The fraction of sp³-hybridized carbons (Fsp3) is 0.650. The quantitative estimate of drug-likeness (QED) is 0.702. The van der Waals surface area contributed by atoms with Gasteiger partial charge in [0.2, 0.25) is 0 Å². The van der Waals surface area contributed by atoms with Crippen LogP contribution in [-0.4, -0.2) is 4.98 Å². The summed E-state index contributed by atoms with van der Waals surface area (Å²) >= 11 is 0. The van der Waals surface area contributed by atoms with Gasteiger partial charge in [-0.3, -0.25) is 4.98 Å². The SMILES string of the molecule is CC(C)C=C1CCCc2c1nc(C(C)C)c1c2CCCC1. The number of hydrogen-bond acceptors (Lipinski definition) is 1. The third-order valence-electron chi connectivity index (χ3n) is 4.92. The molecule has 1 aromatic rings. The largest absolute Gasteiger partial charge is 0.252 e. The van der Waals surface area contributed by atoms with E-state index in [0.717, 1.165) is 0 Å². The molecule has 0 radical (unpaired) electrons. The molecule has 1 aromatic heterocycles. The first-order valence-electron chi connectivity index (χ1n) is 8.83. The molecular formula is C20H29N. The zero-order valence-electron chi connectivity index (χ0n) is 14.1. The van der Waals surface area contributed by atoms with Crippen molar-refractivity contribution in [1.29, 1.82) is 0 Å². The lowest BCUT2D eigenvalue weighted by Crippen LogP contribution is -2.18. The Bertz CT molecular complexity index is 564. The average molecular weight is 283 g/mol. The lowest BCUT2D eigenvalue weighted by molar-refractivity contribution is 0.641. The molecule has 0 spiro atoms. The highest BCUT2D eigenvalue weighted by atomic mass is 14.7. The minimum Gasteiger partial charge on any atom is -0.252 e. The molecule has 1 heterocycles. The first-order chi connectivity index (χ1) is 10.1. The van der Waals surface area contributed by atoms with Crippen LogP contribution in [0.1, 0.15) is 87.4 Å². The van der Waals surface area contributed by atoms with Gasteiger partial charge in [-0.1, -0.05) is 33.8 Å². The molecule has 3 rings (SSSR count). The molecule has 0 atom stereocenters. The van der Waals surface area contributed by atoms with Crippen molar-refractivity contribution in [3.8, 4) is 0 Å². The molecule has 0 fully saturated rings. The summed E-state index contributed by atoms with van der Waals surface area (Å²) < 4.78 is 0. The van der Waals surface area contributed by atoms with Crippen LogP contribution in [0, 0.1) is 5.92 Å². The summed E-state index contributed by atoms with van der Waals surface area (Å²) in [5.41, 5.74) is 9.16. The van der Waals surface area contributed by atoms with Crippen molar-refractivity contribution < 1.29 is 0 Å². The Balaban J connectivity index is 2.20. The molecule has 0 unspecified atom stereocenters. The Morgan fingerprint density at radius 3 is 2.14 bits per heavy atom. The van der Waals surface area contributed by atoms with Gasteiger partial charge in [-0.25, -0.2) is 0 Å². The first kappa shape index (κ1) is 14.8. The van der Waals surface area contributed by atoms with Crippen molar-refractivity contribution in [3.63, 3.8) is 0 Å². The van der Waals surface area contributed by atoms with E-state index in [-0.39, 0.29) is 0 Å². The number of aromatic nitrogens is 1. The molecular weight excluding hydrogens is 254 g/mol. The van der Waals surface area contributed by atoms with Crippen LogP contribution in [0.2, 0.25) is 0 Å². The smallest absolute Gasteiger partial charge is 0.0696 e. The molecule has 0 bridgehead atoms. The van der Waals surface area contributed by atoms with Crippen molar-refractivity contribution in [2.45, 2.75) is 78.6 Å². The van der Waals surface area contributed by atoms with Gasteiger partial charge in [-0.15, -0.1) is 0 Å².